The van der Waals surface area contributed by atoms with E-state index in [1.54, 1.807) is 13.8 Å². The van der Waals surface area contributed by atoms with E-state index < -0.39 is 21.9 Å². The van der Waals surface area contributed by atoms with Gasteiger partial charge in [-0.3, -0.25) is 9.59 Å². The van der Waals surface area contributed by atoms with Gasteiger partial charge < -0.3 is 10.8 Å². The number of aryl methyl sites for hydroxylation is 1. The molecule has 8 heteroatoms. The van der Waals surface area contributed by atoms with E-state index in [-0.39, 0.29) is 29.3 Å². The van der Waals surface area contributed by atoms with Gasteiger partial charge in [-0.25, -0.2) is 13.1 Å². The minimum Gasteiger partial charge on any atom is -0.481 e. The van der Waals surface area contributed by atoms with Crippen LogP contribution in [-0.2, 0) is 14.8 Å². The van der Waals surface area contributed by atoms with E-state index in [0.717, 1.165) is 0 Å². The number of sulfonamides is 1. The maximum atomic E-state index is 12.1. The molecule has 1 unspecified atom stereocenters. The van der Waals surface area contributed by atoms with Crippen LogP contribution in [0.5, 0.6) is 0 Å². The van der Waals surface area contributed by atoms with Crippen LogP contribution >= 0.6 is 0 Å². The predicted octanol–water partition coefficient (Wildman–Crippen LogP) is 0.483. The molecule has 0 aliphatic heterocycles. The molecule has 1 aromatic rings. The summed E-state index contributed by atoms with van der Waals surface area (Å²) in [4.78, 5) is 21.7. The smallest absolute Gasteiger partial charge is 0.303 e. The minimum atomic E-state index is -3.81. The van der Waals surface area contributed by atoms with E-state index in [9.17, 15) is 18.0 Å². The molecule has 4 N–H and O–H groups in total. The third-order valence-electron chi connectivity index (χ3n) is 2.93. The molecule has 0 radical (unpaired) electrons. The molecule has 1 atom stereocenters. The summed E-state index contributed by atoms with van der Waals surface area (Å²) >= 11 is 0. The van der Waals surface area contributed by atoms with E-state index in [0.29, 0.717) is 5.56 Å². The lowest BCUT2D eigenvalue weighted by Gasteiger charge is -2.12. The number of benzene rings is 1. The Morgan fingerprint density at radius 1 is 1.38 bits per heavy atom. The summed E-state index contributed by atoms with van der Waals surface area (Å²) < 4.78 is 26.5. The summed E-state index contributed by atoms with van der Waals surface area (Å²) in [5, 5.41) is 8.63. The molecule has 1 aromatic carbocycles. The van der Waals surface area contributed by atoms with Crippen LogP contribution in [0.4, 0.5) is 0 Å². The Morgan fingerprint density at radius 3 is 2.52 bits per heavy atom. The molecule has 1 rings (SSSR count). The van der Waals surface area contributed by atoms with Gasteiger partial charge >= 0.3 is 5.97 Å². The Morgan fingerprint density at radius 2 is 2.00 bits per heavy atom. The van der Waals surface area contributed by atoms with Gasteiger partial charge in [0.05, 0.1) is 4.90 Å². The molecule has 0 aliphatic carbocycles. The number of carbonyl (C=O) groups excluding carboxylic acids is 1. The molecule has 0 aliphatic rings. The molecule has 116 valence electrons. The maximum Gasteiger partial charge on any atom is 0.303 e. The normalized spacial score (nSPS) is 12.9. The largest absolute Gasteiger partial charge is 0.481 e. The Balaban J connectivity index is 2.91. The van der Waals surface area contributed by atoms with Crippen molar-refractivity contribution in [2.45, 2.75) is 25.2 Å². The fourth-order valence-electron chi connectivity index (χ4n) is 1.74. The molecule has 21 heavy (non-hydrogen) atoms. The highest BCUT2D eigenvalue weighted by Crippen LogP contribution is 2.15. The number of nitrogens with two attached hydrogens (primary N) is 1. The number of aliphatic carboxylic acids is 1. The summed E-state index contributed by atoms with van der Waals surface area (Å²) in [5.41, 5.74) is 5.90. The van der Waals surface area contributed by atoms with Gasteiger partial charge in [0, 0.05) is 18.5 Å². The molecule has 0 fully saturated rings. The van der Waals surface area contributed by atoms with Crippen molar-refractivity contribution in [3.8, 4) is 0 Å². The van der Waals surface area contributed by atoms with Crippen LogP contribution in [0.3, 0.4) is 0 Å². The zero-order chi connectivity index (χ0) is 16.2. The van der Waals surface area contributed by atoms with Gasteiger partial charge in [0.25, 0.3) is 0 Å². The summed E-state index contributed by atoms with van der Waals surface area (Å²) in [6.45, 7) is 3.27. The maximum absolute atomic E-state index is 12.1. The monoisotopic (exact) mass is 314 g/mol. The van der Waals surface area contributed by atoms with Crippen molar-refractivity contribution in [1.82, 2.24) is 4.72 Å². The van der Waals surface area contributed by atoms with E-state index in [2.05, 4.69) is 4.72 Å². The Kier molecular flexibility index (Phi) is 5.45. The van der Waals surface area contributed by atoms with Gasteiger partial charge in [0.2, 0.25) is 15.9 Å². The number of carbonyl (C=O) groups is 2. The summed E-state index contributed by atoms with van der Waals surface area (Å²) in [7, 11) is -3.81. The molecule has 0 saturated carbocycles. The molecule has 0 bridgehead atoms. The first-order valence-corrected chi connectivity index (χ1v) is 7.73. The van der Waals surface area contributed by atoms with Crippen molar-refractivity contribution in [3.05, 3.63) is 29.3 Å². The fourth-order valence-corrected chi connectivity index (χ4v) is 2.93. The topological polar surface area (TPSA) is 127 Å². The van der Waals surface area contributed by atoms with Crippen molar-refractivity contribution in [1.29, 1.82) is 0 Å². The van der Waals surface area contributed by atoms with Gasteiger partial charge in [-0.1, -0.05) is 13.0 Å². The quantitative estimate of drug-likeness (QED) is 0.675. The van der Waals surface area contributed by atoms with E-state index in [1.165, 1.54) is 18.2 Å². The number of amides is 1. The van der Waals surface area contributed by atoms with Crippen molar-refractivity contribution in [3.63, 3.8) is 0 Å². The molecule has 0 aromatic heterocycles. The van der Waals surface area contributed by atoms with Crippen LogP contribution in [0.25, 0.3) is 0 Å². The van der Waals surface area contributed by atoms with Crippen LogP contribution in [-0.4, -0.2) is 31.9 Å². The first-order chi connectivity index (χ1) is 9.63. The van der Waals surface area contributed by atoms with Crippen molar-refractivity contribution < 1.29 is 23.1 Å². The lowest BCUT2D eigenvalue weighted by atomic mass is 10.1. The molecule has 0 spiro atoms. The summed E-state index contributed by atoms with van der Waals surface area (Å²) in [6.07, 6.45) is -0.136. The number of hydrogen-bond acceptors (Lipinski definition) is 4. The van der Waals surface area contributed by atoms with Crippen LogP contribution < -0.4 is 10.5 Å². The van der Waals surface area contributed by atoms with E-state index in [1.807, 2.05) is 0 Å². The van der Waals surface area contributed by atoms with Crippen molar-refractivity contribution in [2.75, 3.05) is 6.54 Å². The fraction of sp³-hybridized carbons (Fsp3) is 0.385. The molecule has 0 heterocycles. The van der Waals surface area contributed by atoms with Gasteiger partial charge in [-0.15, -0.1) is 0 Å². The second-order valence-electron chi connectivity index (χ2n) is 4.90. The number of hydrogen-bond donors (Lipinski definition) is 3. The molecular weight excluding hydrogens is 296 g/mol. The highest BCUT2D eigenvalue weighted by molar-refractivity contribution is 7.89. The zero-order valence-electron chi connectivity index (χ0n) is 11.8. The van der Waals surface area contributed by atoms with Gasteiger partial charge in [0.15, 0.2) is 0 Å². The molecule has 0 saturated heterocycles. The number of rotatable bonds is 7. The first kappa shape index (κ1) is 17.1. The van der Waals surface area contributed by atoms with Crippen LogP contribution in [0.15, 0.2) is 23.1 Å². The van der Waals surface area contributed by atoms with Crippen LogP contribution in [0.2, 0.25) is 0 Å². The Bertz CT molecular complexity index is 655. The number of carboxylic acid groups (broad SMARTS) is 1. The second kappa shape index (κ2) is 6.68. The molecular formula is C13H18N2O5S. The molecule has 1 amide bonds. The van der Waals surface area contributed by atoms with Gasteiger partial charge in [-0.05, 0) is 30.5 Å². The lowest BCUT2D eigenvalue weighted by molar-refractivity contribution is -0.137. The van der Waals surface area contributed by atoms with Gasteiger partial charge in [0.1, 0.15) is 0 Å². The van der Waals surface area contributed by atoms with Crippen molar-refractivity contribution in [2.24, 2.45) is 11.7 Å². The SMILES string of the molecule is Cc1ccc(S(=O)(=O)NCC(C)CC(=O)O)cc1C(N)=O. The second-order valence-corrected chi connectivity index (χ2v) is 6.66. The van der Waals surface area contributed by atoms with E-state index >= 15 is 0 Å². The van der Waals surface area contributed by atoms with Crippen molar-refractivity contribution >= 4 is 21.9 Å². The zero-order valence-corrected chi connectivity index (χ0v) is 12.6. The highest BCUT2D eigenvalue weighted by atomic mass is 32.2. The van der Waals surface area contributed by atoms with Crippen LogP contribution in [0.1, 0.15) is 29.3 Å². The highest BCUT2D eigenvalue weighted by Gasteiger charge is 2.18. The third kappa shape index (κ3) is 4.83. The standard InChI is InChI=1S/C13H18N2O5S/c1-8(5-12(16)17)7-15-21(19,20)10-4-3-9(2)11(6-10)13(14)18/h3-4,6,8,15H,5,7H2,1-2H3,(H2,14,18)(H,16,17). The van der Waals surface area contributed by atoms with Gasteiger partial charge in [-0.2, -0.15) is 0 Å². The lowest BCUT2D eigenvalue weighted by Crippen LogP contribution is -2.29. The Hall–Kier alpha value is -1.93. The third-order valence-corrected chi connectivity index (χ3v) is 4.35. The van der Waals surface area contributed by atoms with Crippen LogP contribution in [0, 0.1) is 12.8 Å². The average molecular weight is 314 g/mol. The number of carboxylic acids is 1. The minimum absolute atomic E-state index is 0.00554. The Labute approximate surface area is 123 Å². The summed E-state index contributed by atoms with van der Waals surface area (Å²) in [6, 6.07) is 4.07. The molecule has 7 nitrogen and oxygen atoms in total. The predicted molar refractivity (Wildman–Crippen MR) is 76.3 cm³/mol. The number of nitrogens with one attached hydrogen (secondary N) is 1. The van der Waals surface area contributed by atoms with E-state index in [4.69, 9.17) is 10.8 Å². The average Bonchev–Trinajstić information content (AvgIpc) is 2.35. The first-order valence-electron chi connectivity index (χ1n) is 6.25. The number of primary amides is 1. The summed E-state index contributed by atoms with van der Waals surface area (Å²) in [5.74, 6) is -2.05.